The third-order valence-electron chi connectivity index (χ3n) is 7.24. The first kappa shape index (κ1) is 26.5. The lowest BCUT2D eigenvalue weighted by Crippen LogP contribution is -2.43. The molecule has 1 amide bonds. The summed E-state index contributed by atoms with van der Waals surface area (Å²) < 4.78 is 11.0. The fourth-order valence-corrected chi connectivity index (χ4v) is 5.38. The Hall–Kier alpha value is -3.52. The molecule has 198 valence electrons. The zero-order valence-electron chi connectivity index (χ0n) is 22.3. The van der Waals surface area contributed by atoms with Crippen molar-refractivity contribution in [2.75, 3.05) is 47.4 Å². The zero-order valence-corrected chi connectivity index (χ0v) is 22.3. The van der Waals surface area contributed by atoms with Crippen LogP contribution >= 0.6 is 0 Å². The molecule has 4 rings (SSSR count). The molecule has 0 atom stereocenters. The Morgan fingerprint density at radius 3 is 2.38 bits per heavy atom. The number of carbonyl (C=O) groups excluding carboxylic acids is 1. The lowest BCUT2D eigenvalue weighted by Gasteiger charge is -2.33. The van der Waals surface area contributed by atoms with Crippen LogP contribution in [-0.4, -0.2) is 79.2 Å². The molecular weight excluding hydrogens is 470 g/mol. The third-order valence-corrected chi connectivity index (χ3v) is 7.24. The number of nitrogens with one attached hydrogen (secondary N) is 1. The van der Waals surface area contributed by atoms with E-state index < -0.39 is 5.97 Å². The highest BCUT2D eigenvalue weighted by molar-refractivity contribution is 5.92. The number of carboxylic acids is 1. The lowest BCUT2D eigenvalue weighted by atomic mass is 9.87. The van der Waals surface area contributed by atoms with Crippen LogP contribution in [0.15, 0.2) is 36.4 Å². The first-order valence-corrected chi connectivity index (χ1v) is 12.8. The second-order valence-corrected chi connectivity index (χ2v) is 10.2. The maximum absolute atomic E-state index is 12.6. The molecule has 1 fully saturated rings. The van der Waals surface area contributed by atoms with Crippen molar-refractivity contribution in [1.29, 1.82) is 0 Å². The normalized spacial score (nSPS) is 14.5. The molecule has 3 aromatic rings. The Bertz CT molecular complexity index is 1270. The van der Waals surface area contributed by atoms with Crippen molar-refractivity contribution >= 4 is 22.8 Å². The molecule has 37 heavy (non-hydrogen) atoms. The van der Waals surface area contributed by atoms with E-state index in [2.05, 4.69) is 43.1 Å². The van der Waals surface area contributed by atoms with Crippen LogP contribution in [0.2, 0.25) is 0 Å². The lowest BCUT2D eigenvalue weighted by molar-refractivity contribution is -0.139. The number of ether oxygens (including phenoxy) is 2. The SMILES string of the molecule is COc1ccc(-c2[nH]c3ccc(C4CCN(C(=O)CN(C)CC(=O)O)CC4)cc3c2C(C)C)cc1OC. The molecule has 1 aromatic heterocycles. The summed E-state index contributed by atoms with van der Waals surface area (Å²) in [6.45, 7) is 5.79. The van der Waals surface area contributed by atoms with Gasteiger partial charge >= 0.3 is 5.97 Å². The van der Waals surface area contributed by atoms with E-state index in [-0.39, 0.29) is 19.0 Å². The van der Waals surface area contributed by atoms with Gasteiger partial charge in [0.05, 0.1) is 33.0 Å². The summed E-state index contributed by atoms with van der Waals surface area (Å²) in [4.78, 5) is 30.5. The fraction of sp³-hybridized carbons (Fsp3) is 0.448. The van der Waals surface area contributed by atoms with Gasteiger partial charge < -0.3 is 24.5 Å². The summed E-state index contributed by atoms with van der Waals surface area (Å²) in [6, 6.07) is 12.7. The fourth-order valence-electron chi connectivity index (χ4n) is 5.38. The number of likely N-dealkylation sites (tertiary alicyclic amines) is 1. The number of methoxy groups -OCH3 is 2. The van der Waals surface area contributed by atoms with Gasteiger partial charge in [0.25, 0.3) is 0 Å². The maximum atomic E-state index is 12.6. The van der Waals surface area contributed by atoms with Gasteiger partial charge in [-0.25, -0.2) is 0 Å². The molecule has 8 nitrogen and oxygen atoms in total. The number of benzene rings is 2. The van der Waals surface area contributed by atoms with Crippen LogP contribution in [-0.2, 0) is 9.59 Å². The van der Waals surface area contributed by atoms with Crippen molar-refractivity contribution in [3.8, 4) is 22.8 Å². The number of likely N-dealkylation sites (N-methyl/N-ethyl adjacent to an activating group) is 1. The number of carboxylic acid groups (broad SMARTS) is 1. The van der Waals surface area contributed by atoms with E-state index in [4.69, 9.17) is 14.6 Å². The van der Waals surface area contributed by atoms with Crippen LogP contribution < -0.4 is 9.47 Å². The van der Waals surface area contributed by atoms with Gasteiger partial charge in [0, 0.05) is 29.6 Å². The van der Waals surface area contributed by atoms with Crippen LogP contribution in [0.4, 0.5) is 0 Å². The largest absolute Gasteiger partial charge is 0.493 e. The van der Waals surface area contributed by atoms with Crippen LogP contribution in [0.3, 0.4) is 0 Å². The molecule has 0 bridgehead atoms. The quantitative estimate of drug-likeness (QED) is 0.436. The molecule has 0 aliphatic carbocycles. The topological polar surface area (TPSA) is 95.1 Å². The van der Waals surface area contributed by atoms with Gasteiger partial charge in [-0.3, -0.25) is 14.5 Å². The molecule has 1 aliphatic heterocycles. The number of rotatable bonds is 9. The highest BCUT2D eigenvalue weighted by Gasteiger charge is 2.26. The summed E-state index contributed by atoms with van der Waals surface area (Å²) >= 11 is 0. The minimum Gasteiger partial charge on any atom is -0.493 e. The standard InChI is InChI=1S/C29H37N3O5/c1-18(2)28-22-14-20(19-10-12-32(13-11-19)26(33)16-31(3)17-27(34)35)6-8-23(22)30-29(28)21-7-9-24(36-4)25(15-21)37-5/h6-9,14-15,18-19,30H,10-13,16-17H2,1-5H3,(H,34,35). The van der Waals surface area contributed by atoms with Gasteiger partial charge in [-0.2, -0.15) is 0 Å². The van der Waals surface area contributed by atoms with Gasteiger partial charge in [0.15, 0.2) is 11.5 Å². The summed E-state index contributed by atoms with van der Waals surface area (Å²) in [7, 11) is 4.95. The Balaban J connectivity index is 1.55. The molecule has 1 aliphatic rings. The number of fused-ring (bicyclic) bond motifs is 1. The average molecular weight is 508 g/mol. The number of hydrogen-bond donors (Lipinski definition) is 2. The summed E-state index contributed by atoms with van der Waals surface area (Å²) in [5.41, 5.74) is 5.82. The van der Waals surface area contributed by atoms with E-state index >= 15 is 0 Å². The molecule has 2 N–H and O–H groups in total. The first-order valence-electron chi connectivity index (χ1n) is 12.8. The Labute approximate surface area is 218 Å². The van der Waals surface area contributed by atoms with Gasteiger partial charge in [-0.15, -0.1) is 0 Å². The smallest absolute Gasteiger partial charge is 0.317 e. The number of aliphatic carboxylic acids is 1. The minimum absolute atomic E-state index is 0.00931. The maximum Gasteiger partial charge on any atom is 0.317 e. The molecule has 2 aromatic carbocycles. The zero-order chi connectivity index (χ0) is 26.7. The van der Waals surface area contributed by atoms with Gasteiger partial charge in [0.1, 0.15) is 0 Å². The van der Waals surface area contributed by atoms with E-state index in [0.29, 0.717) is 36.4 Å². The van der Waals surface area contributed by atoms with Crippen molar-refractivity contribution in [3.63, 3.8) is 0 Å². The van der Waals surface area contributed by atoms with E-state index in [0.717, 1.165) is 29.6 Å². The summed E-state index contributed by atoms with van der Waals surface area (Å²) in [6.07, 6.45) is 1.79. The molecule has 2 heterocycles. The predicted octanol–water partition coefficient (Wildman–Crippen LogP) is 4.70. The average Bonchev–Trinajstić information content (AvgIpc) is 3.27. The Kier molecular flexibility index (Phi) is 8.07. The summed E-state index contributed by atoms with van der Waals surface area (Å²) in [5.74, 6) is 1.16. The van der Waals surface area contributed by atoms with Crippen molar-refractivity contribution in [3.05, 3.63) is 47.5 Å². The van der Waals surface area contributed by atoms with Crippen molar-refractivity contribution in [2.45, 2.75) is 38.5 Å². The van der Waals surface area contributed by atoms with E-state index in [1.807, 2.05) is 17.0 Å². The van der Waals surface area contributed by atoms with Crippen molar-refractivity contribution in [2.24, 2.45) is 0 Å². The van der Waals surface area contributed by atoms with E-state index in [1.165, 1.54) is 16.5 Å². The molecule has 1 saturated heterocycles. The van der Waals surface area contributed by atoms with Crippen LogP contribution in [0, 0.1) is 0 Å². The number of aromatic amines is 1. The molecule has 8 heteroatoms. The Morgan fingerprint density at radius 1 is 1.05 bits per heavy atom. The predicted molar refractivity (Wildman–Crippen MR) is 145 cm³/mol. The molecule has 0 radical (unpaired) electrons. The highest BCUT2D eigenvalue weighted by Crippen LogP contribution is 2.40. The van der Waals surface area contributed by atoms with Crippen LogP contribution in [0.25, 0.3) is 22.2 Å². The number of H-pyrrole nitrogens is 1. The Morgan fingerprint density at radius 2 is 1.76 bits per heavy atom. The van der Waals surface area contributed by atoms with Crippen LogP contribution in [0.1, 0.15) is 49.7 Å². The highest BCUT2D eigenvalue weighted by atomic mass is 16.5. The second-order valence-electron chi connectivity index (χ2n) is 10.2. The monoisotopic (exact) mass is 507 g/mol. The van der Waals surface area contributed by atoms with E-state index in [1.54, 1.807) is 26.2 Å². The number of nitrogens with zero attached hydrogens (tertiary/aromatic N) is 2. The number of piperidine rings is 1. The molecular formula is C29H37N3O5. The van der Waals surface area contributed by atoms with E-state index in [9.17, 15) is 9.59 Å². The van der Waals surface area contributed by atoms with Crippen molar-refractivity contribution in [1.82, 2.24) is 14.8 Å². The molecule has 0 spiro atoms. The van der Waals surface area contributed by atoms with Gasteiger partial charge in [-0.05, 0) is 73.2 Å². The number of aromatic nitrogens is 1. The number of amides is 1. The third kappa shape index (κ3) is 5.74. The van der Waals surface area contributed by atoms with Crippen LogP contribution in [0.5, 0.6) is 11.5 Å². The summed E-state index contributed by atoms with van der Waals surface area (Å²) in [5, 5.41) is 10.2. The van der Waals surface area contributed by atoms with Crippen molar-refractivity contribution < 1.29 is 24.2 Å². The second kappa shape index (κ2) is 11.3. The number of carbonyl (C=O) groups is 2. The van der Waals surface area contributed by atoms with Gasteiger partial charge in [-0.1, -0.05) is 19.9 Å². The first-order chi connectivity index (χ1) is 17.7. The number of hydrogen-bond acceptors (Lipinski definition) is 5. The molecule has 0 saturated carbocycles. The minimum atomic E-state index is -0.927. The molecule has 0 unspecified atom stereocenters. The van der Waals surface area contributed by atoms with Gasteiger partial charge in [0.2, 0.25) is 5.91 Å².